The molecule has 9 heteroatoms. The third-order valence-corrected chi connectivity index (χ3v) is 5.10. The molecule has 0 fully saturated rings. The Balaban J connectivity index is 2.75. The predicted octanol–water partition coefficient (Wildman–Crippen LogP) is 0.135. The third-order valence-electron chi connectivity index (χ3n) is 2.82. The van der Waals surface area contributed by atoms with Gasteiger partial charge in [0.2, 0.25) is 0 Å². The van der Waals surface area contributed by atoms with Crippen LogP contribution in [0.5, 0.6) is 0 Å². The molecule has 0 heterocycles. The van der Waals surface area contributed by atoms with E-state index in [0.29, 0.717) is 28.6 Å². The van der Waals surface area contributed by atoms with Crippen LogP contribution in [0.4, 0.5) is 5.69 Å². The topological polar surface area (TPSA) is 141 Å². The highest BCUT2D eigenvalue weighted by Gasteiger charge is 2.22. The molecular formula is C12H19IN4O3S. The molecule has 0 aliphatic heterocycles. The fourth-order valence-electron chi connectivity index (χ4n) is 1.58. The van der Waals surface area contributed by atoms with Crippen molar-refractivity contribution in [3.8, 4) is 0 Å². The summed E-state index contributed by atoms with van der Waals surface area (Å²) in [7, 11) is -3.94. The number of nitrogens with two attached hydrogens (primary N) is 3. The molecule has 0 radical (unpaired) electrons. The van der Waals surface area contributed by atoms with Crippen molar-refractivity contribution in [2.45, 2.75) is 30.2 Å². The summed E-state index contributed by atoms with van der Waals surface area (Å²) in [6.07, 6.45) is 1.80. The van der Waals surface area contributed by atoms with Gasteiger partial charge in [0.1, 0.15) is 0 Å². The van der Waals surface area contributed by atoms with Crippen molar-refractivity contribution in [2.24, 2.45) is 11.5 Å². The van der Waals surface area contributed by atoms with Gasteiger partial charge in [-0.25, -0.2) is 13.1 Å². The lowest BCUT2D eigenvalue weighted by Crippen LogP contribution is -2.43. The Bertz CT molecular complexity index is 607. The summed E-state index contributed by atoms with van der Waals surface area (Å²) in [4.78, 5) is 11.8. The first kappa shape index (κ1) is 18.1. The summed E-state index contributed by atoms with van der Waals surface area (Å²) in [6, 6.07) is 3.33. The number of anilines is 1. The van der Waals surface area contributed by atoms with Crippen LogP contribution in [0.25, 0.3) is 0 Å². The van der Waals surface area contributed by atoms with Gasteiger partial charge < -0.3 is 17.2 Å². The SMILES string of the molecule is NCCCCC(N)C(=O)NS(=O)(=O)c1ccc(N)c(I)c1. The second kappa shape index (κ2) is 7.92. The lowest BCUT2D eigenvalue weighted by atomic mass is 10.1. The summed E-state index contributed by atoms with van der Waals surface area (Å²) in [5.74, 6) is -0.723. The second-order valence-corrected chi connectivity index (χ2v) is 7.39. The van der Waals surface area contributed by atoms with Crippen LogP contribution in [-0.4, -0.2) is 26.9 Å². The van der Waals surface area contributed by atoms with Gasteiger partial charge in [-0.2, -0.15) is 0 Å². The Labute approximate surface area is 137 Å². The van der Waals surface area contributed by atoms with Crippen molar-refractivity contribution in [1.82, 2.24) is 4.72 Å². The molecule has 0 saturated carbocycles. The largest absolute Gasteiger partial charge is 0.398 e. The molecule has 0 bridgehead atoms. The molecular weight excluding hydrogens is 407 g/mol. The van der Waals surface area contributed by atoms with Crippen molar-refractivity contribution in [1.29, 1.82) is 0 Å². The maximum atomic E-state index is 12.1. The zero-order valence-electron chi connectivity index (χ0n) is 11.4. The molecule has 21 heavy (non-hydrogen) atoms. The van der Waals surface area contributed by atoms with Gasteiger partial charge in [0.15, 0.2) is 0 Å². The number of hydrogen-bond donors (Lipinski definition) is 4. The summed E-state index contributed by atoms with van der Waals surface area (Å²) >= 11 is 1.92. The molecule has 1 aromatic rings. The monoisotopic (exact) mass is 426 g/mol. The molecule has 0 aliphatic rings. The van der Waals surface area contributed by atoms with E-state index in [1.54, 1.807) is 0 Å². The normalized spacial score (nSPS) is 12.9. The molecule has 0 aliphatic carbocycles. The Kier molecular flexibility index (Phi) is 6.84. The quantitative estimate of drug-likeness (QED) is 0.278. The highest BCUT2D eigenvalue weighted by Crippen LogP contribution is 2.19. The fraction of sp³-hybridized carbons (Fsp3) is 0.417. The van der Waals surface area contributed by atoms with Gasteiger partial charge in [0.25, 0.3) is 15.9 Å². The molecule has 1 rings (SSSR count). The van der Waals surface area contributed by atoms with Crippen LogP contribution in [-0.2, 0) is 14.8 Å². The molecule has 7 N–H and O–H groups in total. The molecule has 1 atom stereocenters. The molecule has 0 aromatic heterocycles. The van der Waals surface area contributed by atoms with Crippen molar-refractivity contribution in [3.63, 3.8) is 0 Å². The zero-order chi connectivity index (χ0) is 16.0. The summed E-state index contributed by atoms with van der Waals surface area (Å²) in [5.41, 5.74) is 17.1. The van der Waals surface area contributed by atoms with Crippen LogP contribution in [0.15, 0.2) is 23.1 Å². The van der Waals surface area contributed by atoms with Gasteiger partial charge in [0.05, 0.1) is 10.9 Å². The van der Waals surface area contributed by atoms with Gasteiger partial charge in [-0.05, 0) is 60.2 Å². The van der Waals surface area contributed by atoms with E-state index in [0.717, 1.165) is 6.42 Å². The van der Waals surface area contributed by atoms with Crippen LogP contribution in [0.3, 0.4) is 0 Å². The fourth-order valence-corrected chi connectivity index (χ4v) is 3.36. The Morgan fingerprint density at radius 2 is 2.00 bits per heavy atom. The van der Waals surface area contributed by atoms with Crippen LogP contribution < -0.4 is 21.9 Å². The third kappa shape index (κ3) is 5.41. The highest BCUT2D eigenvalue weighted by molar-refractivity contribution is 14.1. The lowest BCUT2D eigenvalue weighted by Gasteiger charge is -2.13. The molecule has 118 valence electrons. The van der Waals surface area contributed by atoms with E-state index in [-0.39, 0.29) is 4.90 Å². The van der Waals surface area contributed by atoms with Gasteiger partial charge in [0, 0.05) is 9.26 Å². The van der Waals surface area contributed by atoms with Gasteiger partial charge >= 0.3 is 0 Å². The standard InChI is InChI=1S/C12H19IN4O3S/c13-9-7-8(4-5-10(9)15)21(19,20)17-12(18)11(16)3-1-2-6-14/h4-5,7,11H,1-3,6,14-16H2,(H,17,18). The van der Waals surface area contributed by atoms with Crippen molar-refractivity contribution < 1.29 is 13.2 Å². The van der Waals surface area contributed by atoms with E-state index >= 15 is 0 Å². The second-order valence-electron chi connectivity index (χ2n) is 4.54. The predicted molar refractivity (Wildman–Crippen MR) is 89.8 cm³/mol. The van der Waals surface area contributed by atoms with Crippen LogP contribution in [0.2, 0.25) is 0 Å². The van der Waals surface area contributed by atoms with Crippen LogP contribution in [0, 0.1) is 3.57 Å². The Morgan fingerprint density at radius 1 is 1.33 bits per heavy atom. The number of carbonyl (C=O) groups excluding carboxylic acids is 1. The maximum Gasteiger partial charge on any atom is 0.264 e. The van der Waals surface area contributed by atoms with Crippen molar-refractivity contribution >= 4 is 44.2 Å². The molecule has 0 spiro atoms. The average molecular weight is 426 g/mol. The smallest absolute Gasteiger partial charge is 0.264 e. The number of hydrogen-bond acceptors (Lipinski definition) is 6. The number of nitrogen functional groups attached to an aromatic ring is 1. The van der Waals surface area contributed by atoms with Gasteiger partial charge in [-0.15, -0.1) is 0 Å². The van der Waals surface area contributed by atoms with E-state index in [9.17, 15) is 13.2 Å². The minimum absolute atomic E-state index is 0.0244. The number of halogens is 1. The summed E-state index contributed by atoms with van der Waals surface area (Å²) in [5, 5.41) is 0. The van der Waals surface area contributed by atoms with E-state index < -0.39 is 22.0 Å². The molecule has 1 aromatic carbocycles. The average Bonchev–Trinajstić information content (AvgIpc) is 2.41. The number of carbonyl (C=O) groups is 1. The zero-order valence-corrected chi connectivity index (χ0v) is 14.4. The van der Waals surface area contributed by atoms with E-state index in [1.165, 1.54) is 18.2 Å². The number of nitrogens with one attached hydrogen (secondary N) is 1. The number of unbranched alkanes of at least 4 members (excludes halogenated alkanes) is 1. The summed E-state index contributed by atoms with van der Waals surface area (Å²) < 4.78 is 26.7. The van der Waals surface area contributed by atoms with Crippen molar-refractivity contribution in [3.05, 3.63) is 21.8 Å². The molecule has 0 saturated heterocycles. The van der Waals surface area contributed by atoms with Gasteiger partial charge in [-0.3, -0.25) is 4.79 Å². The molecule has 1 amide bonds. The van der Waals surface area contributed by atoms with E-state index in [2.05, 4.69) is 0 Å². The lowest BCUT2D eigenvalue weighted by molar-refractivity contribution is -0.120. The number of benzene rings is 1. The van der Waals surface area contributed by atoms with E-state index in [4.69, 9.17) is 17.2 Å². The van der Waals surface area contributed by atoms with Gasteiger partial charge in [-0.1, -0.05) is 6.42 Å². The van der Waals surface area contributed by atoms with E-state index in [1.807, 2.05) is 27.3 Å². The first-order valence-corrected chi connectivity index (χ1v) is 8.91. The minimum Gasteiger partial charge on any atom is -0.398 e. The molecule has 1 unspecified atom stereocenters. The highest BCUT2D eigenvalue weighted by atomic mass is 127. The number of rotatable bonds is 7. The first-order valence-electron chi connectivity index (χ1n) is 6.35. The molecule has 7 nitrogen and oxygen atoms in total. The van der Waals surface area contributed by atoms with Crippen LogP contribution in [0.1, 0.15) is 19.3 Å². The summed E-state index contributed by atoms with van der Waals surface area (Å²) in [6.45, 7) is 0.510. The van der Waals surface area contributed by atoms with Crippen molar-refractivity contribution in [2.75, 3.05) is 12.3 Å². The first-order chi connectivity index (χ1) is 9.77. The van der Waals surface area contributed by atoms with Crippen LogP contribution >= 0.6 is 22.6 Å². The number of amides is 1. The number of sulfonamides is 1. The Morgan fingerprint density at radius 3 is 2.57 bits per heavy atom. The Hall–Kier alpha value is -0.910. The maximum absolute atomic E-state index is 12.1. The minimum atomic E-state index is -3.94.